The quantitative estimate of drug-likeness (QED) is 0.315. The molecule has 0 aliphatic carbocycles. The Morgan fingerprint density at radius 3 is 2.67 bits per heavy atom. The number of primary sulfonamides is 1. The summed E-state index contributed by atoms with van der Waals surface area (Å²) in [4.78, 5) is 17.2. The van der Waals surface area contributed by atoms with Crippen LogP contribution in [-0.2, 0) is 10.0 Å². The molecule has 3 aromatic heterocycles. The molecule has 0 saturated heterocycles. The van der Waals surface area contributed by atoms with Gasteiger partial charge >= 0.3 is 0 Å². The molecule has 0 bridgehead atoms. The number of hydrogen-bond acceptors (Lipinski definition) is 7. The molecule has 1 atom stereocenters. The van der Waals surface area contributed by atoms with Crippen LogP contribution in [0, 0.1) is 13.8 Å². The Hall–Kier alpha value is -3.73. The second-order valence-corrected chi connectivity index (χ2v) is 10.4. The third-order valence-corrected chi connectivity index (χ3v) is 6.94. The number of aryl methyl sites for hydroxylation is 1. The third-order valence-electron chi connectivity index (χ3n) is 5.90. The molecule has 0 aliphatic rings. The minimum absolute atomic E-state index is 0.0410. The second kappa shape index (κ2) is 8.74. The molecule has 9 nitrogen and oxygen atoms in total. The van der Waals surface area contributed by atoms with Crippen molar-refractivity contribution >= 4 is 43.5 Å². The van der Waals surface area contributed by atoms with E-state index in [0.717, 1.165) is 22.0 Å². The summed E-state index contributed by atoms with van der Waals surface area (Å²) in [5, 5.41) is 13.0. The Labute approximate surface area is 210 Å². The van der Waals surface area contributed by atoms with Gasteiger partial charge in [-0.05, 0) is 68.8 Å². The van der Waals surface area contributed by atoms with Crippen LogP contribution in [-0.4, -0.2) is 23.6 Å². The zero-order chi connectivity index (χ0) is 25.8. The first-order chi connectivity index (χ1) is 17.0. The molecule has 0 radical (unpaired) electrons. The molecule has 3 N–H and O–H groups in total. The van der Waals surface area contributed by atoms with Crippen LogP contribution in [0.2, 0.25) is 5.15 Å². The zero-order valence-electron chi connectivity index (χ0n) is 19.5. The van der Waals surface area contributed by atoms with Gasteiger partial charge in [-0.15, -0.1) is 0 Å². The predicted octanol–water partition coefficient (Wildman–Crippen LogP) is 4.79. The fourth-order valence-electron chi connectivity index (χ4n) is 4.18. The molecule has 5 aromatic rings. The van der Waals surface area contributed by atoms with Crippen molar-refractivity contribution in [2.24, 2.45) is 5.14 Å². The topological polar surface area (TPSA) is 141 Å². The molecular formula is C25H21ClN4O5S. The van der Waals surface area contributed by atoms with E-state index in [2.05, 4.69) is 15.2 Å². The van der Waals surface area contributed by atoms with Crippen LogP contribution in [0.15, 0.2) is 62.9 Å². The Morgan fingerprint density at radius 1 is 1.14 bits per heavy atom. The van der Waals surface area contributed by atoms with Crippen LogP contribution in [0.5, 0.6) is 5.75 Å². The van der Waals surface area contributed by atoms with Gasteiger partial charge < -0.3 is 9.15 Å². The maximum absolute atomic E-state index is 13.4. The largest absolute Gasteiger partial charge is 0.483 e. The van der Waals surface area contributed by atoms with Crippen LogP contribution < -0.4 is 15.3 Å². The highest BCUT2D eigenvalue weighted by Crippen LogP contribution is 2.34. The molecule has 0 unspecified atom stereocenters. The van der Waals surface area contributed by atoms with Crippen molar-refractivity contribution in [2.45, 2.75) is 31.9 Å². The number of sulfonamides is 1. The van der Waals surface area contributed by atoms with E-state index < -0.39 is 21.2 Å². The number of halogens is 1. The third kappa shape index (κ3) is 4.23. The van der Waals surface area contributed by atoms with Crippen LogP contribution in [0.1, 0.15) is 29.7 Å². The molecule has 2 aromatic carbocycles. The molecule has 5 rings (SSSR count). The van der Waals surface area contributed by atoms with Crippen LogP contribution in [0.4, 0.5) is 0 Å². The van der Waals surface area contributed by atoms with E-state index in [1.807, 2.05) is 31.2 Å². The number of aromatic nitrogens is 3. The van der Waals surface area contributed by atoms with E-state index in [-0.39, 0.29) is 16.3 Å². The minimum Gasteiger partial charge on any atom is -0.483 e. The average molecular weight is 525 g/mol. The normalized spacial score (nSPS) is 12.8. The Bertz CT molecular complexity index is 1830. The van der Waals surface area contributed by atoms with Crippen molar-refractivity contribution in [1.29, 1.82) is 0 Å². The van der Waals surface area contributed by atoms with Gasteiger partial charge in [0.15, 0.2) is 11.2 Å². The summed E-state index contributed by atoms with van der Waals surface area (Å²) in [5.41, 5.74) is 3.59. The van der Waals surface area contributed by atoms with Crippen LogP contribution >= 0.6 is 11.6 Å². The molecule has 0 amide bonds. The van der Waals surface area contributed by atoms with Crippen molar-refractivity contribution < 1.29 is 17.6 Å². The first-order valence-electron chi connectivity index (χ1n) is 10.9. The van der Waals surface area contributed by atoms with Gasteiger partial charge in [-0.2, -0.15) is 5.10 Å². The zero-order valence-corrected chi connectivity index (χ0v) is 21.1. The Morgan fingerprint density at radius 2 is 1.92 bits per heavy atom. The van der Waals surface area contributed by atoms with Gasteiger partial charge in [0.2, 0.25) is 5.03 Å². The van der Waals surface area contributed by atoms with Gasteiger partial charge in [-0.3, -0.25) is 9.89 Å². The number of H-pyrrole nitrogens is 1. The van der Waals surface area contributed by atoms with E-state index >= 15 is 0 Å². The summed E-state index contributed by atoms with van der Waals surface area (Å²) >= 11 is 5.87. The van der Waals surface area contributed by atoms with Crippen molar-refractivity contribution in [3.05, 3.63) is 80.7 Å². The molecule has 0 saturated carbocycles. The van der Waals surface area contributed by atoms with Crippen molar-refractivity contribution in [1.82, 2.24) is 15.2 Å². The average Bonchev–Trinajstić information content (AvgIpc) is 3.29. The highest BCUT2D eigenvalue weighted by Gasteiger charge is 2.24. The lowest BCUT2D eigenvalue weighted by molar-refractivity contribution is 0.219. The molecular weight excluding hydrogens is 504 g/mol. The van der Waals surface area contributed by atoms with Crippen molar-refractivity contribution in [3.63, 3.8) is 0 Å². The second-order valence-electron chi connectivity index (χ2n) is 8.53. The number of nitrogens with zero attached hydrogens (tertiary/aromatic N) is 2. The Balaban J connectivity index is 1.68. The maximum atomic E-state index is 13.4. The summed E-state index contributed by atoms with van der Waals surface area (Å²) in [5.74, 6) is 0.357. The smallest absolute Gasteiger partial charge is 0.259 e. The molecule has 0 aliphatic heterocycles. The summed E-state index contributed by atoms with van der Waals surface area (Å²) < 4.78 is 36.5. The van der Waals surface area contributed by atoms with Crippen molar-refractivity contribution in [3.8, 4) is 17.1 Å². The number of nitrogens with two attached hydrogens (primary N) is 1. The number of hydrogen-bond donors (Lipinski definition) is 2. The number of nitrogens with one attached hydrogen (secondary N) is 1. The van der Waals surface area contributed by atoms with E-state index in [1.165, 1.54) is 12.1 Å². The highest BCUT2D eigenvalue weighted by molar-refractivity contribution is 7.89. The monoisotopic (exact) mass is 524 g/mol. The standard InChI is InChI=1S/C25H21ClN4O5S/c1-12-8-17(14(3)34-20-6-7-21(26)29-25(20)36(27,32)33)24-18(9-12)22(31)13(2)23(35-24)15-4-5-19-16(10-15)11-28-30-19/h4-11,14H,1-3H3,(H,28,30)(H2,27,32,33)/t14-/m1/s1. The molecule has 0 fully saturated rings. The van der Waals surface area contributed by atoms with Gasteiger partial charge in [-0.25, -0.2) is 18.5 Å². The summed E-state index contributed by atoms with van der Waals surface area (Å²) in [7, 11) is -4.20. The van der Waals surface area contributed by atoms with Gasteiger partial charge in [0.05, 0.1) is 17.1 Å². The summed E-state index contributed by atoms with van der Waals surface area (Å²) in [6, 6.07) is 12.0. The summed E-state index contributed by atoms with van der Waals surface area (Å²) in [6.45, 7) is 5.29. The number of rotatable bonds is 5. The molecule has 36 heavy (non-hydrogen) atoms. The van der Waals surface area contributed by atoms with Crippen LogP contribution in [0.3, 0.4) is 0 Å². The number of fused-ring (bicyclic) bond motifs is 2. The SMILES string of the molecule is Cc1cc([C@@H](C)Oc2ccc(Cl)nc2S(N)(=O)=O)c2oc(-c3ccc4[nH]ncc4c3)c(C)c(=O)c2c1. The number of pyridine rings is 1. The fourth-order valence-corrected chi connectivity index (χ4v) is 5.00. The van der Waals surface area contributed by atoms with E-state index in [0.29, 0.717) is 27.9 Å². The predicted molar refractivity (Wildman–Crippen MR) is 137 cm³/mol. The first kappa shape index (κ1) is 24.0. The first-order valence-corrected chi connectivity index (χ1v) is 12.8. The lowest BCUT2D eigenvalue weighted by Gasteiger charge is -2.19. The number of ether oxygens (including phenoxy) is 1. The molecule has 3 heterocycles. The molecule has 11 heteroatoms. The number of benzene rings is 2. The van der Waals surface area contributed by atoms with Crippen LogP contribution in [0.25, 0.3) is 33.2 Å². The van der Waals surface area contributed by atoms with Gasteiger partial charge in [0, 0.05) is 22.1 Å². The maximum Gasteiger partial charge on any atom is 0.259 e. The van der Waals surface area contributed by atoms with Gasteiger partial charge in [0.25, 0.3) is 10.0 Å². The molecule has 184 valence electrons. The lowest BCUT2D eigenvalue weighted by atomic mass is 9.99. The molecule has 0 spiro atoms. The number of aromatic amines is 1. The highest BCUT2D eigenvalue weighted by atomic mass is 35.5. The lowest BCUT2D eigenvalue weighted by Crippen LogP contribution is -2.17. The van der Waals surface area contributed by atoms with Crippen molar-refractivity contribution in [2.75, 3.05) is 0 Å². The van der Waals surface area contributed by atoms with Gasteiger partial charge in [0.1, 0.15) is 22.6 Å². The van der Waals surface area contributed by atoms with E-state index in [9.17, 15) is 13.2 Å². The van der Waals surface area contributed by atoms with E-state index in [4.69, 9.17) is 25.9 Å². The fraction of sp³-hybridized carbons (Fsp3) is 0.160. The summed E-state index contributed by atoms with van der Waals surface area (Å²) in [6.07, 6.45) is 0.965. The Kier molecular flexibility index (Phi) is 5.82. The van der Waals surface area contributed by atoms with Gasteiger partial charge in [-0.1, -0.05) is 11.6 Å². The minimum atomic E-state index is -4.20. The van der Waals surface area contributed by atoms with E-state index in [1.54, 1.807) is 26.1 Å².